The fraction of sp³-hybridized carbons (Fsp3) is 0.200. The summed E-state index contributed by atoms with van der Waals surface area (Å²) in [6.45, 7) is 6.36. The number of benzene rings is 2. The van der Waals surface area contributed by atoms with Crippen molar-refractivity contribution in [3.05, 3.63) is 59.3 Å². The maximum absolute atomic E-state index is 5.41. The van der Waals surface area contributed by atoms with Crippen LogP contribution in [0.1, 0.15) is 16.8 Å². The molecule has 0 saturated carbocycles. The Hall–Kier alpha value is -3.28. The summed E-state index contributed by atoms with van der Waals surface area (Å²) in [5.41, 5.74) is 5.14. The lowest BCUT2D eigenvalue weighted by atomic mass is 10.1. The molecule has 0 bridgehead atoms. The molecule has 2 aromatic carbocycles. The van der Waals surface area contributed by atoms with Gasteiger partial charge in [0.1, 0.15) is 5.82 Å². The number of aryl methyl sites for hydroxylation is 3. The summed E-state index contributed by atoms with van der Waals surface area (Å²) in [4.78, 5) is 9.04. The number of aromatic nitrogens is 2. The number of nitrogens with one attached hydrogen (secondary N) is 2. The molecule has 2 heterocycles. The van der Waals surface area contributed by atoms with Crippen molar-refractivity contribution in [1.29, 1.82) is 0 Å². The van der Waals surface area contributed by atoms with E-state index in [1.807, 2.05) is 31.2 Å². The van der Waals surface area contributed by atoms with Crippen LogP contribution in [0.25, 0.3) is 0 Å². The second kappa shape index (κ2) is 6.55. The smallest absolute Gasteiger partial charge is 0.231 e. The summed E-state index contributed by atoms with van der Waals surface area (Å²) in [5, 5.41) is 6.58. The van der Waals surface area contributed by atoms with Crippen molar-refractivity contribution < 1.29 is 9.47 Å². The zero-order valence-corrected chi connectivity index (χ0v) is 15.0. The van der Waals surface area contributed by atoms with Crippen LogP contribution in [0, 0.1) is 20.8 Å². The Bertz CT molecular complexity index is 952. The first kappa shape index (κ1) is 16.2. The number of hydrogen-bond donors (Lipinski definition) is 2. The Kier molecular flexibility index (Phi) is 4.08. The monoisotopic (exact) mass is 348 g/mol. The predicted molar refractivity (Wildman–Crippen MR) is 102 cm³/mol. The van der Waals surface area contributed by atoms with E-state index in [9.17, 15) is 0 Å². The first-order valence-corrected chi connectivity index (χ1v) is 8.43. The van der Waals surface area contributed by atoms with Gasteiger partial charge in [0.25, 0.3) is 0 Å². The summed E-state index contributed by atoms with van der Waals surface area (Å²) in [6, 6.07) is 13.9. The van der Waals surface area contributed by atoms with Gasteiger partial charge in [0.2, 0.25) is 12.7 Å². The molecular formula is C20H20N4O2. The SMILES string of the molecule is Cc1cc(C)cc(Nc2cc(C)nc(Nc3ccc4c(c3)OCO4)n2)c1. The van der Waals surface area contributed by atoms with Crippen molar-refractivity contribution in [1.82, 2.24) is 9.97 Å². The Morgan fingerprint density at radius 1 is 0.769 bits per heavy atom. The van der Waals surface area contributed by atoms with Crippen LogP contribution in [0.5, 0.6) is 11.5 Å². The summed E-state index contributed by atoms with van der Waals surface area (Å²) in [5.74, 6) is 2.73. The van der Waals surface area contributed by atoms with Crippen LogP contribution in [-0.4, -0.2) is 16.8 Å². The molecular weight excluding hydrogens is 328 g/mol. The van der Waals surface area contributed by atoms with Gasteiger partial charge in [0, 0.05) is 29.2 Å². The van der Waals surface area contributed by atoms with E-state index in [0.29, 0.717) is 5.95 Å². The number of ether oxygens (including phenoxy) is 2. The number of rotatable bonds is 4. The summed E-state index contributed by atoms with van der Waals surface area (Å²) in [6.07, 6.45) is 0. The van der Waals surface area contributed by atoms with Gasteiger partial charge in [0.05, 0.1) is 0 Å². The summed E-state index contributed by atoms with van der Waals surface area (Å²) < 4.78 is 10.7. The second-order valence-electron chi connectivity index (χ2n) is 6.41. The van der Waals surface area contributed by atoms with Crippen LogP contribution in [0.15, 0.2) is 42.5 Å². The van der Waals surface area contributed by atoms with Crippen LogP contribution < -0.4 is 20.1 Å². The van der Waals surface area contributed by atoms with Gasteiger partial charge in [0.15, 0.2) is 11.5 Å². The zero-order valence-electron chi connectivity index (χ0n) is 15.0. The van der Waals surface area contributed by atoms with Crippen molar-refractivity contribution in [2.45, 2.75) is 20.8 Å². The molecule has 1 aliphatic rings. The van der Waals surface area contributed by atoms with Gasteiger partial charge in [-0.1, -0.05) is 6.07 Å². The highest BCUT2D eigenvalue weighted by atomic mass is 16.7. The first-order chi connectivity index (χ1) is 12.5. The lowest BCUT2D eigenvalue weighted by molar-refractivity contribution is 0.174. The minimum atomic E-state index is 0.254. The Morgan fingerprint density at radius 3 is 2.35 bits per heavy atom. The van der Waals surface area contributed by atoms with Gasteiger partial charge in [-0.05, 0) is 56.2 Å². The molecule has 132 valence electrons. The predicted octanol–water partition coefficient (Wildman–Crippen LogP) is 4.62. The topological polar surface area (TPSA) is 68.3 Å². The largest absolute Gasteiger partial charge is 0.454 e. The Balaban J connectivity index is 1.58. The maximum atomic E-state index is 5.41. The molecule has 6 heteroatoms. The molecule has 0 spiro atoms. The Labute approximate surface area is 152 Å². The lowest BCUT2D eigenvalue weighted by Gasteiger charge is -2.11. The highest BCUT2D eigenvalue weighted by molar-refractivity contribution is 5.63. The van der Waals surface area contributed by atoms with Gasteiger partial charge < -0.3 is 20.1 Å². The maximum Gasteiger partial charge on any atom is 0.231 e. The number of nitrogens with zero attached hydrogens (tertiary/aromatic N) is 2. The van der Waals surface area contributed by atoms with E-state index >= 15 is 0 Å². The second-order valence-corrected chi connectivity index (χ2v) is 6.41. The van der Waals surface area contributed by atoms with E-state index < -0.39 is 0 Å². The van der Waals surface area contributed by atoms with Gasteiger partial charge in [-0.25, -0.2) is 4.98 Å². The van der Waals surface area contributed by atoms with Crippen LogP contribution in [0.3, 0.4) is 0 Å². The zero-order chi connectivity index (χ0) is 18.1. The fourth-order valence-electron chi connectivity index (χ4n) is 2.99. The number of fused-ring (bicyclic) bond motifs is 1. The average Bonchev–Trinajstić information content (AvgIpc) is 3.01. The fourth-order valence-corrected chi connectivity index (χ4v) is 2.99. The van der Waals surface area contributed by atoms with Crippen LogP contribution in [0.4, 0.5) is 23.1 Å². The van der Waals surface area contributed by atoms with E-state index in [0.717, 1.165) is 34.4 Å². The molecule has 1 aromatic heterocycles. The molecule has 2 N–H and O–H groups in total. The van der Waals surface area contributed by atoms with Gasteiger partial charge in [-0.3, -0.25) is 0 Å². The third kappa shape index (κ3) is 3.54. The summed E-state index contributed by atoms with van der Waals surface area (Å²) >= 11 is 0. The molecule has 26 heavy (non-hydrogen) atoms. The average molecular weight is 348 g/mol. The van der Waals surface area contributed by atoms with Crippen molar-refractivity contribution in [2.24, 2.45) is 0 Å². The van der Waals surface area contributed by atoms with E-state index in [2.05, 4.69) is 52.6 Å². The van der Waals surface area contributed by atoms with Crippen LogP contribution >= 0.6 is 0 Å². The highest BCUT2D eigenvalue weighted by Crippen LogP contribution is 2.34. The third-order valence-corrected chi connectivity index (χ3v) is 3.98. The van der Waals surface area contributed by atoms with Crippen molar-refractivity contribution in [3.8, 4) is 11.5 Å². The standard InChI is InChI=1S/C20H20N4O2/c1-12-6-13(2)8-16(7-12)22-19-9-14(3)21-20(24-19)23-15-4-5-17-18(10-15)26-11-25-17/h4-10H,11H2,1-3H3,(H2,21,22,23,24). The van der Waals surface area contributed by atoms with Crippen molar-refractivity contribution in [2.75, 3.05) is 17.4 Å². The molecule has 4 rings (SSSR count). The molecule has 0 atom stereocenters. The van der Waals surface area contributed by atoms with E-state index in [1.54, 1.807) is 0 Å². The summed E-state index contributed by atoms with van der Waals surface area (Å²) in [7, 11) is 0. The molecule has 1 aliphatic heterocycles. The van der Waals surface area contributed by atoms with Crippen molar-refractivity contribution >= 4 is 23.1 Å². The van der Waals surface area contributed by atoms with Crippen LogP contribution in [-0.2, 0) is 0 Å². The van der Waals surface area contributed by atoms with Gasteiger partial charge in [-0.2, -0.15) is 4.98 Å². The number of hydrogen-bond acceptors (Lipinski definition) is 6. The molecule has 0 unspecified atom stereocenters. The molecule has 0 amide bonds. The third-order valence-electron chi connectivity index (χ3n) is 3.98. The number of anilines is 4. The molecule has 3 aromatic rings. The molecule has 0 aliphatic carbocycles. The minimum Gasteiger partial charge on any atom is -0.454 e. The van der Waals surface area contributed by atoms with E-state index in [-0.39, 0.29) is 6.79 Å². The lowest BCUT2D eigenvalue weighted by Crippen LogP contribution is -2.02. The molecule has 0 radical (unpaired) electrons. The Morgan fingerprint density at radius 2 is 1.54 bits per heavy atom. The van der Waals surface area contributed by atoms with E-state index in [1.165, 1.54) is 11.1 Å². The van der Waals surface area contributed by atoms with E-state index in [4.69, 9.17) is 9.47 Å². The van der Waals surface area contributed by atoms with Crippen LogP contribution in [0.2, 0.25) is 0 Å². The van der Waals surface area contributed by atoms with Gasteiger partial charge in [-0.15, -0.1) is 0 Å². The minimum absolute atomic E-state index is 0.254. The quantitative estimate of drug-likeness (QED) is 0.717. The molecule has 0 fully saturated rings. The van der Waals surface area contributed by atoms with Gasteiger partial charge >= 0.3 is 0 Å². The first-order valence-electron chi connectivity index (χ1n) is 8.43. The molecule has 0 saturated heterocycles. The molecule has 6 nitrogen and oxygen atoms in total. The normalized spacial score (nSPS) is 12.1. The van der Waals surface area contributed by atoms with Crippen molar-refractivity contribution in [3.63, 3.8) is 0 Å². The highest BCUT2D eigenvalue weighted by Gasteiger charge is 2.14.